The van der Waals surface area contributed by atoms with Gasteiger partial charge in [-0.1, -0.05) is 6.07 Å². The largest absolute Gasteiger partial charge is 0.447 e. The van der Waals surface area contributed by atoms with Crippen LogP contribution in [0.4, 0.5) is 4.79 Å². The molecule has 2 rings (SSSR count). The van der Waals surface area contributed by atoms with Crippen LogP contribution in [0.1, 0.15) is 11.7 Å². The summed E-state index contributed by atoms with van der Waals surface area (Å²) >= 11 is 3.26. The number of ether oxygens (including phenoxy) is 1. The van der Waals surface area contributed by atoms with E-state index >= 15 is 0 Å². The third kappa shape index (κ3) is 1.80. The molecule has 1 saturated heterocycles. The molecule has 0 saturated carbocycles. The third-order valence-corrected chi connectivity index (χ3v) is 2.21. The number of nitrogens with zero attached hydrogens (tertiary/aromatic N) is 1. The Labute approximate surface area is 83.4 Å². The summed E-state index contributed by atoms with van der Waals surface area (Å²) in [7, 11) is 0. The Balaban J connectivity index is 2.21. The minimum absolute atomic E-state index is 0.120. The van der Waals surface area contributed by atoms with Crippen molar-refractivity contribution < 1.29 is 9.53 Å². The summed E-state index contributed by atoms with van der Waals surface area (Å²) in [6.45, 7) is 0.349. The number of carbonyl (C=O) groups is 1. The molecule has 0 spiro atoms. The van der Waals surface area contributed by atoms with Gasteiger partial charge in [-0.15, -0.1) is 0 Å². The van der Waals surface area contributed by atoms with Gasteiger partial charge in [-0.05, 0) is 28.1 Å². The average Bonchev–Trinajstić information content (AvgIpc) is 2.52. The molecule has 1 unspecified atom stereocenters. The van der Waals surface area contributed by atoms with Gasteiger partial charge in [0.25, 0.3) is 0 Å². The summed E-state index contributed by atoms with van der Waals surface area (Å²) in [5.74, 6) is 0. The van der Waals surface area contributed by atoms with Crippen LogP contribution in [-0.2, 0) is 4.74 Å². The summed E-state index contributed by atoms with van der Waals surface area (Å²) in [6.07, 6.45) is -0.383. The minimum atomic E-state index is -0.383. The van der Waals surface area contributed by atoms with Crippen molar-refractivity contribution >= 4 is 22.0 Å². The molecule has 13 heavy (non-hydrogen) atoms. The second-order valence-electron chi connectivity index (χ2n) is 2.68. The number of halogens is 1. The van der Waals surface area contributed by atoms with Gasteiger partial charge in [0.1, 0.15) is 17.3 Å². The van der Waals surface area contributed by atoms with E-state index in [1.54, 1.807) is 0 Å². The average molecular weight is 243 g/mol. The fraction of sp³-hybridized carbons (Fsp3) is 0.250. The summed E-state index contributed by atoms with van der Waals surface area (Å²) in [5, 5.41) is 2.65. The van der Waals surface area contributed by atoms with Gasteiger partial charge < -0.3 is 10.1 Å². The number of hydrogen-bond donors (Lipinski definition) is 1. The molecule has 0 aliphatic carbocycles. The lowest BCUT2D eigenvalue weighted by Crippen LogP contribution is -2.19. The normalized spacial score (nSPS) is 21.0. The molecular formula is C8H7BrN2O2. The van der Waals surface area contributed by atoms with Crippen LogP contribution >= 0.6 is 15.9 Å². The maximum Gasteiger partial charge on any atom is 0.407 e. The number of amides is 1. The lowest BCUT2D eigenvalue weighted by Gasteiger charge is -2.05. The Morgan fingerprint density at radius 1 is 1.62 bits per heavy atom. The van der Waals surface area contributed by atoms with E-state index in [1.165, 1.54) is 0 Å². The van der Waals surface area contributed by atoms with Crippen molar-refractivity contribution in [2.75, 3.05) is 6.61 Å². The predicted molar refractivity (Wildman–Crippen MR) is 49.2 cm³/mol. The zero-order chi connectivity index (χ0) is 9.26. The number of pyridine rings is 1. The van der Waals surface area contributed by atoms with Gasteiger partial charge in [-0.3, -0.25) is 0 Å². The van der Waals surface area contributed by atoms with E-state index in [0.717, 1.165) is 10.3 Å². The molecule has 1 aliphatic heterocycles. The molecule has 0 aromatic carbocycles. The van der Waals surface area contributed by atoms with Crippen LogP contribution in [0.25, 0.3) is 0 Å². The Kier molecular flexibility index (Phi) is 2.18. The molecule has 68 valence electrons. The van der Waals surface area contributed by atoms with Crippen molar-refractivity contribution in [2.45, 2.75) is 6.04 Å². The van der Waals surface area contributed by atoms with Gasteiger partial charge in [-0.2, -0.15) is 0 Å². The van der Waals surface area contributed by atoms with E-state index < -0.39 is 0 Å². The van der Waals surface area contributed by atoms with Crippen molar-refractivity contribution in [3.8, 4) is 0 Å². The molecule has 1 aromatic heterocycles. The molecular weight excluding hydrogens is 236 g/mol. The van der Waals surface area contributed by atoms with E-state index in [9.17, 15) is 4.79 Å². The first-order chi connectivity index (χ1) is 6.25. The first-order valence-corrected chi connectivity index (χ1v) is 4.61. The molecule has 1 amide bonds. The van der Waals surface area contributed by atoms with E-state index in [-0.39, 0.29) is 12.1 Å². The zero-order valence-corrected chi connectivity index (χ0v) is 8.24. The molecule has 1 N–H and O–H groups in total. The maximum atomic E-state index is 10.7. The second-order valence-corrected chi connectivity index (χ2v) is 3.49. The lowest BCUT2D eigenvalue weighted by atomic mass is 10.2. The zero-order valence-electron chi connectivity index (χ0n) is 6.66. The van der Waals surface area contributed by atoms with Gasteiger partial charge in [0.15, 0.2) is 0 Å². The minimum Gasteiger partial charge on any atom is -0.447 e. The van der Waals surface area contributed by atoms with E-state index in [0.29, 0.717) is 6.61 Å². The monoisotopic (exact) mass is 242 g/mol. The van der Waals surface area contributed by atoms with Crippen LogP contribution in [0.15, 0.2) is 22.8 Å². The highest BCUT2D eigenvalue weighted by molar-refractivity contribution is 9.10. The lowest BCUT2D eigenvalue weighted by molar-refractivity contribution is 0.177. The molecule has 2 heterocycles. The maximum absolute atomic E-state index is 10.7. The molecule has 0 radical (unpaired) electrons. The van der Waals surface area contributed by atoms with Crippen molar-refractivity contribution in [3.63, 3.8) is 0 Å². The van der Waals surface area contributed by atoms with Crippen molar-refractivity contribution in [1.82, 2.24) is 10.3 Å². The molecule has 5 heteroatoms. The molecule has 1 atom stereocenters. The Morgan fingerprint density at radius 2 is 2.46 bits per heavy atom. The first kappa shape index (κ1) is 8.50. The van der Waals surface area contributed by atoms with Gasteiger partial charge in [0.2, 0.25) is 0 Å². The molecule has 1 aliphatic rings. The highest BCUT2D eigenvalue weighted by atomic mass is 79.9. The second kappa shape index (κ2) is 3.33. The first-order valence-electron chi connectivity index (χ1n) is 3.81. The molecule has 1 fully saturated rings. The highest BCUT2D eigenvalue weighted by Gasteiger charge is 2.24. The number of alkyl carbamates (subject to hydrolysis) is 1. The van der Waals surface area contributed by atoms with Gasteiger partial charge in [0.05, 0.1) is 5.69 Å². The molecule has 0 bridgehead atoms. The standard InChI is InChI=1S/C8H7BrN2O2/c9-7-3-1-2-5(10-7)6-4-13-8(12)11-6/h1-3,6H,4H2,(H,11,12). The number of carbonyl (C=O) groups excluding carboxylic acids is 1. The van der Waals surface area contributed by atoms with E-state index in [1.807, 2.05) is 18.2 Å². The van der Waals surface area contributed by atoms with Gasteiger partial charge >= 0.3 is 6.09 Å². The van der Waals surface area contributed by atoms with Crippen LogP contribution in [0, 0.1) is 0 Å². The summed E-state index contributed by atoms with van der Waals surface area (Å²) in [6, 6.07) is 5.44. The molecule has 1 aromatic rings. The highest BCUT2D eigenvalue weighted by Crippen LogP contribution is 2.17. The van der Waals surface area contributed by atoms with Crippen molar-refractivity contribution in [3.05, 3.63) is 28.5 Å². The Bertz CT molecular complexity index is 343. The van der Waals surface area contributed by atoms with Crippen LogP contribution in [-0.4, -0.2) is 17.7 Å². The summed E-state index contributed by atoms with van der Waals surface area (Å²) in [5.41, 5.74) is 0.806. The number of rotatable bonds is 1. The van der Waals surface area contributed by atoms with Crippen molar-refractivity contribution in [1.29, 1.82) is 0 Å². The third-order valence-electron chi connectivity index (χ3n) is 1.77. The number of aromatic nitrogens is 1. The predicted octanol–water partition coefficient (Wildman–Crippen LogP) is 1.62. The number of hydrogen-bond acceptors (Lipinski definition) is 3. The Hall–Kier alpha value is -1.10. The Morgan fingerprint density at radius 3 is 3.08 bits per heavy atom. The fourth-order valence-corrected chi connectivity index (χ4v) is 1.52. The fourth-order valence-electron chi connectivity index (χ4n) is 1.16. The number of cyclic esters (lactones) is 1. The van der Waals surface area contributed by atoms with Crippen LogP contribution in [0.2, 0.25) is 0 Å². The van der Waals surface area contributed by atoms with Crippen LogP contribution < -0.4 is 5.32 Å². The quantitative estimate of drug-likeness (QED) is 0.762. The van der Waals surface area contributed by atoms with E-state index in [4.69, 9.17) is 4.74 Å². The SMILES string of the molecule is O=C1NC(c2cccc(Br)n2)CO1. The van der Waals surface area contributed by atoms with Crippen molar-refractivity contribution in [2.24, 2.45) is 0 Å². The topological polar surface area (TPSA) is 51.2 Å². The summed E-state index contributed by atoms with van der Waals surface area (Å²) in [4.78, 5) is 15.0. The number of nitrogens with one attached hydrogen (secondary N) is 1. The van der Waals surface area contributed by atoms with Gasteiger partial charge in [-0.25, -0.2) is 9.78 Å². The smallest absolute Gasteiger partial charge is 0.407 e. The summed E-state index contributed by atoms with van der Waals surface area (Å²) < 4.78 is 5.51. The van der Waals surface area contributed by atoms with Crippen LogP contribution in [0.3, 0.4) is 0 Å². The molecule has 4 nitrogen and oxygen atoms in total. The van der Waals surface area contributed by atoms with E-state index in [2.05, 4.69) is 26.2 Å². The van der Waals surface area contributed by atoms with Crippen LogP contribution in [0.5, 0.6) is 0 Å². The van der Waals surface area contributed by atoms with Gasteiger partial charge in [0, 0.05) is 0 Å².